The smallest absolute Gasteiger partial charge is 0.335 e. The van der Waals surface area contributed by atoms with E-state index in [1.54, 1.807) is 18.2 Å². The molecule has 5 heteroatoms. The molecular weight excluding hydrogens is 328 g/mol. The first kappa shape index (κ1) is 18.6. The topological polar surface area (TPSA) is 61.8 Å². The molecule has 0 aromatic heterocycles. The number of aromatic carboxylic acids is 1. The van der Waals surface area contributed by atoms with Crippen LogP contribution in [-0.4, -0.2) is 48.8 Å². The normalized spacial score (nSPS) is 16.3. The summed E-state index contributed by atoms with van der Waals surface area (Å²) in [4.78, 5) is 13.6. The molecule has 2 N–H and O–H groups in total. The summed E-state index contributed by atoms with van der Waals surface area (Å²) in [6.45, 7) is 6.94. The lowest BCUT2D eigenvalue weighted by Crippen LogP contribution is -2.42. The Bertz CT molecular complexity index is 724. The minimum atomic E-state index is -0.891. The number of carboxylic acid groups (broad SMARTS) is 1. The Morgan fingerprint density at radius 2 is 1.92 bits per heavy atom. The number of aryl methyl sites for hydroxylation is 1. The van der Waals surface area contributed by atoms with Gasteiger partial charge in [0.05, 0.1) is 18.8 Å². The lowest BCUT2D eigenvalue weighted by Gasteiger charge is -2.35. The molecule has 1 saturated heterocycles. The molecular formula is C21H26N2O3. The van der Waals surface area contributed by atoms with Crippen molar-refractivity contribution in [2.24, 2.45) is 0 Å². The number of nitrogens with one attached hydrogen (secondary N) is 1. The minimum absolute atomic E-state index is 0.280. The van der Waals surface area contributed by atoms with Gasteiger partial charge in [0.1, 0.15) is 0 Å². The minimum Gasteiger partial charge on any atom is -0.478 e. The van der Waals surface area contributed by atoms with Gasteiger partial charge >= 0.3 is 5.97 Å². The summed E-state index contributed by atoms with van der Waals surface area (Å²) >= 11 is 0. The van der Waals surface area contributed by atoms with Crippen LogP contribution in [0.25, 0.3) is 0 Å². The Kier molecular flexibility index (Phi) is 6.39. The highest BCUT2D eigenvalue weighted by Gasteiger charge is 2.22. The van der Waals surface area contributed by atoms with Crippen LogP contribution >= 0.6 is 0 Å². The zero-order chi connectivity index (χ0) is 18.4. The number of rotatable bonds is 7. The molecule has 2 aromatic carbocycles. The molecule has 1 atom stereocenters. The van der Waals surface area contributed by atoms with Crippen LogP contribution < -0.4 is 5.32 Å². The van der Waals surface area contributed by atoms with E-state index < -0.39 is 5.97 Å². The van der Waals surface area contributed by atoms with Crippen LogP contribution in [0, 0.1) is 6.92 Å². The molecule has 3 rings (SSSR count). The van der Waals surface area contributed by atoms with E-state index in [4.69, 9.17) is 9.84 Å². The van der Waals surface area contributed by atoms with Crippen LogP contribution in [0.3, 0.4) is 0 Å². The van der Waals surface area contributed by atoms with Crippen LogP contribution in [0.2, 0.25) is 0 Å². The Morgan fingerprint density at radius 3 is 2.62 bits per heavy atom. The average Bonchev–Trinajstić information content (AvgIpc) is 2.67. The average molecular weight is 354 g/mol. The maximum Gasteiger partial charge on any atom is 0.335 e. The highest BCUT2D eigenvalue weighted by Crippen LogP contribution is 2.22. The molecule has 0 bridgehead atoms. The number of hydrogen-bond acceptors (Lipinski definition) is 4. The first-order valence-corrected chi connectivity index (χ1v) is 9.05. The largest absolute Gasteiger partial charge is 0.478 e. The van der Waals surface area contributed by atoms with E-state index in [0.29, 0.717) is 12.1 Å². The molecule has 26 heavy (non-hydrogen) atoms. The van der Waals surface area contributed by atoms with Gasteiger partial charge in [0.15, 0.2) is 0 Å². The fourth-order valence-corrected chi connectivity index (χ4v) is 3.30. The van der Waals surface area contributed by atoms with Crippen molar-refractivity contribution in [3.8, 4) is 0 Å². The Labute approximate surface area is 154 Å². The first-order valence-electron chi connectivity index (χ1n) is 9.05. The number of nitrogens with zero attached hydrogens (tertiary/aromatic N) is 1. The molecule has 5 nitrogen and oxygen atoms in total. The predicted octanol–water partition coefficient (Wildman–Crippen LogP) is 2.86. The van der Waals surface area contributed by atoms with Crippen LogP contribution in [0.1, 0.15) is 33.1 Å². The zero-order valence-corrected chi connectivity index (χ0v) is 15.1. The van der Waals surface area contributed by atoms with Crippen molar-refractivity contribution in [2.45, 2.75) is 19.5 Å². The standard InChI is InChI=1S/C21H26N2O3/c1-16-5-7-18(8-6-16)20(23-9-11-26-12-10-23)15-22-14-17-3-2-4-19(13-17)21(24)25/h2-8,13,20,22H,9-12,14-15H2,1H3,(H,24,25). The fourth-order valence-electron chi connectivity index (χ4n) is 3.30. The summed E-state index contributed by atoms with van der Waals surface area (Å²) in [6, 6.07) is 16.1. The second-order valence-electron chi connectivity index (χ2n) is 6.71. The van der Waals surface area contributed by atoms with Gasteiger partial charge in [-0.05, 0) is 30.2 Å². The van der Waals surface area contributed by atoms with Crippen LogP contribution in [0.4, 0.5) is 0 Å². The van der Waals surface area contributed by atoms with Crippen LogP contribution in [-0.2, 0) is 11.3 Å². The van der Waals surface area contributed by atoms with Gasteiger partial charge in [-0.3, -0.25) is 4.90 Å². The van der Waals surface area contributed by atoms with E-state index in [2.05, 4.69) is 41.4 Å². The summed E-state index contributed by atoms with van der Waals surface area (Å²) in [5.74, 6) is -0.891. The van der Waals surface area contributed by atoms with E-state index in [9.17, 15) is 4.79 Å². The lowest BCUT2D eigenvalue weighted by molar-refractivity contribution is 0.0161. The van der Waals surface area contributed by atoms with E-state index in [-0.39, 0.29) is 6.04 Å². The number of benzene rings is 2. The second-order valence-corrected chi connectivity index (χ2v) is 6.71. The molecule has 1 unspecified atom stereocenters. The summed E-state index contributed by atoms with van der Waals surface area (Å²) in [6.07, 6.45) is 0. The Morgan fingerprint density at radius 1 is 1.19 bits per heavy atom. The summed E-state index contributed by atoms with van der Waals surface area (Å²) in [5.41, 5.74) is 3.86. The summed E-state index contributed by atoms with van der Waals surface area (Å²) in [5, 5.41) is 12.6. The predicted molar refractivity (Wildman–Crippen MR) is 101 cm³/mol. The zero-order valence-electron chi connectivity index (χ0n) is 15.1. The van der Waals surface area contributed by atoms with Gasteiger partial charge in [-0.15, -0.1) is 0 Å². The second kappa shape index (κ2) is 8.94. The van der Waals surface area contributed by atoms with Gasteiger partial charge in [-0.1, -0.05) is 42.0 Å². The molecule has 1 aliphatic heterocycles. The number of carboxylic acids is 1. The quantitative estimate of drug-likeness (QED) is 0.801. The van der Waals surface area contributed by atoms with E-state index in [1.165, 1.54) is 11.1 Å². The van der Waals surface area contributed by atoms with Crippen molar-refractivity contribution in [1.82, 2.24) is 10.2 Å². The number of morpholine rings is 1. The Balaban J connectivity index is 1.66. The van der Waals surface area contributed by atoms with Crippen molar-refractivity contribution in [3.05, 3.63) is 70.8 Å². The molecule has 0 radical (unpaired) electrons. The third-order valence-corrected chi connectivity index (χ3v) is 4.79. The summed E-state index contributed by atoms with van der Waals surface area (Å²) in [7, 11) is 0. The molecule has 138 valence electrons. The van der Waals surface area contributed by atoms with Crippen molar-refractivity contribution in [3.63, 3.8) is 0 Å². The molecule has 0 amide bonds. The van der Waals surface area contributed by atoms with Gasteiger partial charge < -0.3 is 15.2 Å². The van der Waals surface area contributed by atoms with E-state index in [1.807, 2.05) is 6.07 Å². The van der Waals surface area contributed by atoms with E-state index >= 15 is 0 Å². The highest BCUT2D eigenvalue weighted by molar-refractivity contribution is 5.87. The summed E-state index contributed by atoms with van der Waals surface area (Å²) < 4.78 is 5.50. The van der Waals surface area contributed by atoms with Crippen molar-refractivity contribution >= 4 is 5.97 Å². The maximum absolute atomic E-state index is 11.1. The molecule has 1 heterocycles. The molecule has 0 aliphatic carbocycles. The third-order valence-electron chi connectivity index (χ3n) is 4.79. The van der Waals surface area contributed by atoms with Crippen LogP contribution in [0.5, 0.6) is 0 Å². The fraction of sp³-hybridized carbons (Fsp3) is 0.381. The van der Waals surface area contributed by atoms with Crippen molar-refractivity contribution in [2.75, 3.05) is 32.8 Å². The first-order chi connectivity index (χ1) is 12.6. The van der Waals surface area contributed by atoms with E-state index in [0.717, 1.165) is 38.4 Å². The van der Waals surface area contributed by atoms with Crippen molar-refractivity contribution < 1.29 is 14.6 Å². The van der Waals surface area contributed by atoms with Gasteiger partial charge in [0, 0.05) is 32.2 Å². The van der Waals surface area contributed by atoms with Gasteiger partial charge in [0.2, 0.25) is 0 Å². The lowest BCUT2D eigenvalue weighted by atomic mass is 10.0. The molecule has 0 saturated carbocycles. The number of ether oxygens (including phenoxy) is 1. The number of hydrogen-bond donors (Lipinski definition) is 2. The number of carbonyl (C=O) groups is 1. The molecule has 1 aliphatic rings. The van der Waals surface area contributed by atoms with Gasteiger partial charge in [-0.2, -0.15) is 0 Å². The monoisotopic (exact) mass is 354 g/mol. The molecule has 0 spiro atoms. The third kappa shape index (κ3) is 4.91. The molecule has 2 aromatic rings. The highest BCUT2D eigenvalue weighted by atomic mass is 16.5. The molecule has 1 fully saturated rings. The van der Waals surface area contributed by atoms with Gasteiger partial charge in [-0.25, -0.2) is 4.79 Å². The van der Waals surface area contributed by atoms with Crippen molar-refractivity contribution in [1.29, 1.82) is 0 Å². The SMILES string of the molecule is Cc1ccc(C(CNCc2cccc(C(=O)O)c2)N2CCOCC2)cc1. The Hall–Kier alpha value is -2.21. The maximum atomic E-state index is 11.1. The van der Waals surface area contributed by atoms with Crippen LogP contribution in [0.15, 0.2) is 48.5 Å². The van der Waals surface area contributed by atoms with Gasteiger partial charge in [0.25, 0.3) is 0 Å².